The smallest absolute Gasteiger partial charge is 0.456 e. The third-order valence-electron chi connectivity index (χ3n) is 12.7. The maximum Gasteiger partial charge on any atom is 0.472 e. The molecule has 0 aromatic rings. The van der Waals surface area contributed by atoms with E-state index in [2.05, 4.69) is 123 Å². The molecule has 0 aliphatic heterocycles. The van der Waals surface area contributed by atoms with Gasteiger partial charge in [0.1, 0.15) is 19.3 Å². The topological polar surface area (TPSA) is 111 Å². The summed E-state index contributed by atoms with van der Waals surface area (Å²) >= 11 is 0. The lowest BCUT2D eigenvalue weighted by molar-refractivity contribution is -0.870. The lowest BCUT2D eigenvalue weighted by Gasteiger charge is -2.27. The summed E-state index contributed by atoms with van der Waals surface area (Å²) in [5.74, 6) is -0.565. The molecule has 2 N–H and O–H groups in total. The van der Waals surface area contributed by atoms with Gasteiger partial charge in [0.2, 0.25) is 5.91 Å². The minimum absolute atomic E-state index is 0.0254. The molecule has 0 radical (unpaired) electrons. The fourth-order valence-electron chi connectivity index (χ4n) is 8.03. The van der Waals surface area contributed by atoms with Crippen LogP contribution in [0, 0.1) is 0 Å². The Balaban J connectivity index is 5.35. The van der Waals surface area contributed by atoms with E-state index >= 15 is 0 Å². The second-order valence-electron chi connectivity index (χ2n) is 21.1. The molecule has 0 saturated carbocycles. The number of carbonyl (C=O) groups excluding carboxylic acids is 2. The van der Waals surface area contributed by atoms with Crippen LogP contribution < -0.4 is 5.32 Å². The number of phosphoric ester groups is 1. The van der Waals surface area contributed by atoms with Gasteiger partial charge in [0.15, 0.2) is 0 Å². The van der Waals surface area contributed by atoms with Crippen LogP contribution in [0.5, 0.6) is 0 Å². The van der Waals surface area contributed by atoms with Crippen molar-refractivity contribution in [1.29, 1.82) is 0 Å². The summed E-state index contributed by atoms with van der Waals surface area (Å²) in [7, 11) is 1.45. The SMILES string of the molecule is CC/C=C\C/C=C\C/C=C\C/C=C\C/C=C\CCCCCC(=O)NC(COP(=O)(O)OCC[N+](C)(C)C)C(/C=C/CCCCCCCCCCC)OC(=O)CCCCCCCC/C=C\C/C=C\C/C=C\CCCCC. The van der Waals surface area contributed by atoms with Gasteiger partial charge in [0.25, 0.3) is 0 Å². The zero-order valence-electron chi connectivity index (χ0n) is 49.0. The number of ether oxygens (including phenoxy) is 1. The molecule has 0 aromatic carbocycles. The summed E-state index contributed by atoms with van der Waals surface area (Å²) in [4.78, 5) is 37.7. The standard InChI is InChI=1S/C65H113N2O7P/c1-7-10-13-16-19-22-25-27-29-31-33-35-37-39-42-45-48-51-54-57-64(68)66-62(61-73-75(70,71)72-60-59-67(4,5)6)63(56-53-50-47-44-41-24-21-18-15-12-9-3)74-65(69)58-55-52-49-46-43-40-38-36-34-32-30-28-26-23-20-17-14-11-8-2/h10,13,19-20,22-23,27-30,33-36,39,42,53,56,62-63H,7-9,11-12,14-18,21,24-26,31-32,37-38,40-41,43-52,54-55,57-61H2,1-6H3,(H-,66,68,70,71)/p+1/b13-10-,22-19-,23-20-,29-27-,30-28-,35-33-,36-34-,42-39-,56-53+. The lowest BCUT2D eigenvalue weighted by Crippen LogP contribution is -2.47. The number of nitrogens with zero attached hydrogens (tertiary/aromatic N) is 1. The average molecular weight is 1070 g/mol. The number of carbonyl (C=O) groups is 2. The molecule has 9 nitrogen and oxygen atoms in total. The number of hydrogen-bond acceptors (Lipinski definition) is 6. The minimum atomic E-state index is -4.47. The van der Waals surface area contributed by atoms with Crippen molar-refractivity contribution in [3.8, 4) is 0 Å². The fraction of sp³-hybridized carbons (Fsp3) is 0.692. The average Bonchev–Trinajstić information content (AvgIpc) is 3.37. The first-order chi connectivity index (χ1) is 36.4. The number of rotatable bonds is 53. The molecule has 0 heterocycles. The fourth-order valence-corrected chi connectivity index (χ4v) is 8.77. The first-order valence-corrected chi connectivity index (χ1v) is 31.7. The van der Waals surface area contributed by atoms with Crippen molar-refractivity contribution < 1.29 is 37.3 Å². The number of unbranched alkanes of at least 4 members (excludes halogenated alkanes) is 21. The molecule has 0 fully saturated rings. The summed E-state index contributed by atoms with van der Waals surface area (Å²) in [6.07, 6.45) is 73.7. The number of likely N-dealkylation sites (N-methyl/N-ethyl adjacent to an activating group) is 1. The summed E-state index contributed by atoms with van der Waals surface area (Å²) in [5, 5.41) is 3.03. The molecule has 0 bridgehead atoms. The van der Waals surface area contributed by atoms with Crippen molar-refractivity contribution in [2.45, 2.75) is 251 Å². The third kappa shape index (κ3) is 55.2. The van der Waals surface area contributed by atoms with Crippen LogP contribution in [-0.2, 0) is 27.9 Å². The van der Waals surface area contributed by atoms with E-state index in [1.54, 1.807) is 0 Å². The molecule has 0 aliphatic rings. The predicted molar refractivity (Wildman–Crippen MR) is 323 cm³/mol. The molecular weight excluding hydrogens is 952 g/mol. The molecule has 0 aromatic heterocycles. The van der Waals surface area contributed by atoms with Crippen molar-refractivity contribution in [1.82, 2.24) is 5.32 Å². The van der Waals surface area contributed by atoms with Gasteiger partial charge in [0.05, 0.1) is 33.8 Å². The minimum Gasteiger partial charge on any atom is -0.456 e. The van der Waals surface area contributed by atoms with E-state index in [0.29, 0.717) is 23.9 Å². The first kappa shape index (κ1) is 71.7. The highest BCUT2D eigenvalue weighted by atomic mass is 31.2. The number of nitrogens with one attached hydrogen (secondary N) is 1. The maximum atomic E-state index is 13.5. The Bertz CT molecular complexity index is 1650. The van der Waals surface area contributed by atoms with Crippen LogP contribution in [0.1, 0.15) is 239 Å². The van der Waals surface area contributed by atoms with Crippen LogP contribution in [0.3, 0.4) is 0 Å². The normalized spacial score (nSPS) is 14.5. The van der Waals surface area contributed by atoms with E-state index in [1.165, 1.54) is 77.0 Å². The van der Waals surface area contributed by atoms with Gasteiger partial charge in [-0.25, -0.2) is 4.57 Å². The molecule has 0 aliphatic carbocycles. The van der Waals surface area contributed by atoms with Gasteiger partial charge in [-0.15, -0.1) is 0 Å². The summed E-state index contributed by atoms with van der Waals surface area (Å²) < 4.78 is 30.6. The van der Waals surface area contributed by atoms with E-state index in [1.807, 2.05) is 33.3 Å². The summed E-state index contributed by atoms with van der Waals surface area (Å²) in [6.45, 7) is 6.81. The highest BCUT2D eigenvalue weighted by Gasteiger charge is 2.30. The number of amides is 1. The van der Waals surface area contributed by atoms with Crippen molar-refractivity contribution in [2.75, 3.05) is 40.9 Å². The summed E-state index contributed by atoms with van der Waals surface area (Å²) in [5.41, 5.74) is 0. The van der Waals surface area contributed by atoms with Crippen LogP contribution in [0.15, 0.2) is 109 Å². The van der Waals surface area contributed by atoms with Gasteiger partial charge in [0, 0.05) is 12.8 Å². The third-order valence-corrected chi connectivity index (χ3v) is 13.7. The number of allylic oxidation sites excluding steroid dienone is 17. The van der Waals surface area contributed by atoms with E-state index in [0.717, 1.165) is 116 Å². The molecular formula is C65H114N2O7P+. The molecule has 0 spiro atoms. The van der Waals surface area contributed by atoms with E-state index in [-0.39, 0.29) is 37.9 Å². The van der Waals surface area contributed by atoms with Crippen molar-refractivity contribution in [2.24, 2.45) is 0 Å². The van der Waals surface area contributed by atoms with Crippen LogP contribution in [-0.4, -0.2) is 74.3 Å². The van der Waals surface area contributed by atoms with Crippen LogP contribution in [0.25, 0.3) is 0 Å². The monoisotopic (exact) mass is 1070 g/mol. The van der Waals surface area contributed by atoms with Crippen LogP contribution in [0.2, 0.25) is 0 Å². The largest absolute Gasteiger partial charge is 0.472 e. The Hall–Kier alpha value is -3.33. The molecule has 1 amide bonds. The number of phosphoric acid groups is 1. The zero-order chi connectivity index (χ0) is 55.0. The molecule has 0 rings (SSSR count). The molecule has 75 heavy (non-hydrogen) atoms. The van der Waals surface area contributed by atoms with Crippen LogP contribution >= 0.6 is 7.82 Å². The lowest BCUT2D eigenvalue weighted by atomic mass is 10.1. The first-order valence-electron chi connectivity index (χ1n) is 30.2. The van der Waals surface area contributed by atoms with Gasteiger partial charge in [-0.2, -0.15) is 0 Å². The predicted octanol–water partition coefficient (Wildman–Crippen LogP) is 18.6. The van der Waals surface area contributed by atoms with Gasteiger partial charge in [-0.1, -0.05) is 220 Å². The molecule has 3 atom stereocenters. The Morgan fingerprint density at radius 1 is 0.480 bits per heavy atom. The van der Waals surface area contributed by atoms with Gasteiger partial charge < -0.3 is 19.4 Å². The van der Waals surface area contributed by atoms with Gasteiger partial charge in [-0.05, 0) is 115 Å². The Morgan fingerprint density at radius 2 is 0.853 bits per heavy atom. The Morgan fingerprint density at radius 3 is 1.32 bits per heavy atom. The molecule has 0 saturated heterocycles. The van der Waals surface area contributed by atoms with Crippen molar-refractivity contribution in [3.05, 3.63) is 109 Å². The molecule has 3 unspecified atom stereocenters. The Kier molecular flexibility index (Phi) is 51.6. The maximum absolute atomic E-state index is 13.5. The van der Waals surface area contributed by atoms with Gasteiger partial charge in [-0.3, -0.25) is 18.6 Å². The van der Waals surface area contributed by atoms with E-state index < -0.39 is 20.0 Å². The second kappa shape index (κ2) is 54.0. The van der Waals surface area contributed by atoms with Gasteiger partial charge >= 0.3 is 13.8 Å². The second-order valence-corrected chi connectivity index (χ2v) is 22.6. The van der Waals surface area contributed by atoms with Crippen LogP contribution in [0.4, 0.5) is 0 Å². The molecule has 430 valence electrons. The van der Waals surface area contributed by atoms with Crippen molar-refractivity contribution in [3.63, 3.8) is 0 Å². The number of quaternary nitrogens is 1. The van der Waals surface area contributed by atoms with E-state index in [9.17, 15) is 19.0 Å². The number of esters is 1. The highest BCUT2D eigenvalue weighted by molar-refractivity contribution is 7.47. The Labute approximate surface area is 461 Å². The van der Waals surface area contributed by atoms with E-state index in [4.69, 9.17) is 13.8 Å². The quantitative estimate of drug-likeness (QED) is 0.0205. The zero-order valence-corrected chi connectivity index (χ0v) is 49.9. The van der Waals surface area contributed by atoms with Crippen molar-refractivity contribution >= 4 is 19.7 Å². The summed E-state index contributed by atoms with van der Waals surface area (Å²) in [6, 6.07) is -0.878. The highest BCUT2D eigenvalue weighted by Crippen LogP contribution is 2.43. The molecule has 10 heteroatoms. The number of hydrogen-bond donors (Lipinski definition) is 2.